The van der Waals surface area contributed by atoms with Crippen LogP contribution in [-0.4, -0.2) is 63.5 Å². The normalized spacial score (nSPS) is 16.1. The third-order valence-electron chi connectivity index (χ3n) is 4.70. The molecular weight excluding hydrogens is 384 g/mol. The molecule has 0 bridgehead atoms. The Morgan fingerprint density at radius 2 is 2.07 bits per heavy atom. The van der Waals surface area contributed by atoms with Crippen LogP contribution in [0, 0.1) is 0 Å². The van der Waals surface area contributed by atoms with Crippen molar-refractivity contribution >= 4 is 33.9 Å². The zero-order valence-electron chi connectivity index (χ0n) is 15.3. The van der Waals surface area contributed by atoms with Crippen molar-refractivity contribution in [3.8, 4) is 0 Å². The summed E-state index contributed by atoms with van der Waals surface area (Å²) in [6, 6.07) is 3.83. The summed E-state index contributed by atoms with van der Waals surface area (Å²) in [4.78, 5) is 14.2. The molecule has 0 radical (unpaired) electrons. The second kappa shape index (κ2) is 8.52. The minimum atomic E-state index is 0.661. The van der Waals surface area contributed by atoms with E-state index in [0.717, 1.165) is 72.9 Å². The van der Waals surface area contributed by atoms with Crippen molar-refractivity contribution in [2.45, 2.75) is 19.4 Å². The van der Waals surface area contributed by atoms with Gasteiger partial charge in [0.1, 0.15) is 11.5 Å². The van der Waals surface area contributed by atoms with Gasteiger partial charge in [-0.05, 0) is 18.6 Å². The average molecular weight is 407 g/mol. The van der Waals surface area contributed by atoms with Gasteiger partial charge in [-0.15, -0.1) is 0 Å². The first kappa shape index (κ1) is 18.6. The molecule has 4 heterocycles. The van der Waals surface area contributed by atoms with Gasteiger partial charge in [0.2, 0.25) is 5.13 Å². The fraction of sp³-hybridized carbons (Fsp3) is 0.500. The molecule has 144 valence electrons. The minimum absolute atomic E-state index is 0.661. The van der Waals surface area contributed by atoms with Gasteiger partial charge in [-0.1, -0.05) is 11.6 Å². The Hall–Kier alpha value is -1.74. The van der Waals surface area contributed by atoms with Crippen LogP contribution in [0.5, 0.6) is 0 Å². The van der Waals surface area contributed by atoms with E-state index in [0.29, 0.717) is 6.61 Å². The number of hydrogen-bond donors (Lipinski definition) is 0. The Kier molecular flexibility index (Phi) is 5.87. The summed E-state index contributed by atoms with van der Waals surface area (Å²) in [6.07, 6.45) is 5.84. The van der Waals surface area contributed by atoms with Gasteiger partial charge in [-0.25, -0.2) is 9.97 Å². The zero-order valence-corrected chi connectivity index (χ0v) is 16.9. The van der Waals surface area contributed by atoms with Crippen molar-refractivity contribution in [2.24, 2.45) is 0 Å². The lowest BCUT2D eigenvalue weighted by Crippen LogP contribution is -2.30. The molecule has 3 aromatic rings. The minimum Gasteiger partial charge on any atom is -0.384 e. The maximum absolute atomic E-state index is 6.06. The Balaban J connectivity index is 1.37. The summed E-state index contributed by atoms with van der Waals surface area (Å²) in [5, 5.41) is 1.74. The summed E-state index contributed by atoms with van der Waals surface area (Å²) in [5.41, 5.74) is 2.01. The van der Waals surface area contributed by atoms with E-state index in [1.165, 1.54) is 11.5 Å². The van der Waals surface area contributed by atoms with Crippen molar-refractivity contribution in [1.82, 2.24) is 23.6 Å². The highest BCUT2D eigenvalue weighted by Crippen LogP contribution is 2.20. The van der Waals surface area contributed by atoms with Crippen LogP contribution in [0.15, 0.2) is 24.5 Å². The fourth-order valence-corrected chi connectivity index (χ4v) is 4.24. The van der Waals surface area contributed by atoms with Crippen LogP contribution in [0.25, 0.3) is 5.65 Å². The standard InChI is InChI=1S/C18H23ClN6OS/c1-26-10-5-16-21-18(27-22-16)24-7-2-6-23(8-9-24)12-15-13-25-11-14(19)3-4-17(25)20-15/h3-4,11,13H,2,5-10,12H2,1H3. The molecule has 4 rings (SSSR count). The number of methoxy groups -OCH3 is 1. The molecular formula is C18H23ClN6OS. The zero-order chi connectivity index (χ0) is 18.6. The third-order valence-corrected chi connectivity index (χ3v) is 5.74. The van der Waals surface area contributed by atoms with Gasteiger partial charge in [0.05, 0.1) is 17.3 Å². The number of ether oxygens (including phenoxy) is 1. The van der Waals surface area contributed by atoms with Crippen LogP contribution in [0.2, 0.25) is 5.02 Å². The van der Waals surface area contributed by atoms with Crippen molar-refractivity contribution < 1.29 is 4.74 Å². The molecule has 0 N–H and O–H groups in total. The second-order valence-electron chi connectivity index (χ2n) is 6.70. The van der Waals surface area contributed by atoms with Crippen LogP contribution < -0.4 is 4.90 Å². The van der Waals surface area contributed by atoms with Crippen LogP contribution in [0.3, 0.4) is 0 Å². The molecule has 1 saturated heterocycles. The fourth-order valence-electron chi connectivity index (χ4n) is 3.31. The Bertz CT molecular complexity index is 897. The number of anilines is 1. The monoisotopic (exact) mass is 406 g/mol. The maximum Gasteiger partial charge on any atom is 0.205 e. The summed E-state index contributed by atoms with van der Waals surface area (Å²) >= 11 is 7.55. The van der Waals surface area contributed by atoms with Gasteiger partial charge >= 0.3 is 0 Å². The largest absolute Gasteiger partial charge is 0.384 e. The molecule has 3 aromatic heterocycles. The topological polar surface area (TPSA) is 58.8 Å². The number of nitrogens with zero attached hydrogens (tertiary/aromatic N) is 6. The highest BCUT2D eigenvalue weighted by Gasteiger charge is 2.19. The van der Waals surface area contributed by atoms with E-state index >= 15 is 0 Å². The van der Waals surface area contributed by atoms with Gasteiger partial charge in [0.15, 0.2) is 0 Å². The molecule has 1 aliphatic rings. The van der Waals surface area contributed by atoms with Crippen LogP contribution in [0.1, 0.15) is 17.9 Å². The smallest absolute Gasteiger partial charge is 0.205 e. The van der Waals surface area contributed by atoms with Crippen molar-refractivity contribution in [2.75, 3.05) is 44.8 Å². The van der Waals surface area contributed by atoms with E-state index in [1.54, 1.807) is 7.11 Å². The predicted molar refractivity (Wildman–Crippen MR) is 108 cm³/mol. The number of pyridine rings is 1. The molecule has 0 unspecified atom stereocenters. The van der Waals surface area contributed by atoms with Gasteiger partial charge in [0.25, 0.3) is 0 Å². The van der Waals surface area contributed by atoms with Crippen LogP contribution in [0.4, 0.5) is 5.13 Å². The van der Waals surface area contributed by atoms with E-state index in [4.69, 9.17) is 21.3 Å². The summed E-state index contributed by atoms with van der Waals surface area (Å²) in [7, 11) is 1.70. The molecule has 1 fully saturated rings. The van der Waals surface area contributed by atoms with Gasteiger partial charge < -0.3 is 14.0 Å². The first-order valence-corrected chi connectivity index (χ1v) is 10.3. The third kappa shape index (κ3) is 4.57. The molecule has 0 spiro atoms. The maximum atomic E-state index is 6.06. The quantitative estimate of drug-likeness (QED) is 0.627. The van der Waals surface area contributed by atoms with E-state index < -0.39 is 0 Å². The first-order chi connectivity index (χ1) is 13.2. The summed E-state index contributed by atoms with van der Waals surface area (Å²) in [5.74, 6) is 0.876. The second-order valence-corrected chi connectivity index (χ2v) is 7.86. The number of hydrogen-bond acceptors (Lipinski definition) is 7. The average Bonchev–Trinajstić information content (AvgIpc) is 3.21. The molecule has 0 atom stereocenters. The molecule has 7 nitrogen and oxygen atoms in total. The molecule has 27 heavy (non-hydrogen) atoms. The van der Waals surface area contributed by atoms with Gasteiger partial charge in [0, 0.05) is 70.2 Å². The Labute approximate surface area is 167 Å². The molecule has 0 aliphatic carbocycles. The number of aromatic nitrogens is 4. The Morgan fingerprint density at radius 3 is 2.96 bits per heavy atom. The van der Waals surface area contributed by atoms with E-state index in [-0.39, 0.29) is 0 Å². The van der Waals surface area contributed by atoms with Gasteiger partial charge in [-0.2, -0.15) is 4.37 Å². The van der Waals surface area contributed by atoms with Crippen molar-refractivity contribution in [3.05, 3.63) is 41.1 Å². The molecule has 1 aliphatic heterocycles. The number of halogens is 1. The highest BCUT2D eigenvalue weighted by atomic mass is 35.5. The molecule has 0 aromatic carbocycles. The lowest BCUT2D eigenvalue weighted by atomic mass is 10.3. The van der Waals surface area contributed by atoms with E-state index in [9.17, 15) is 0 Å². The summed E-state index contributed by atoms with van der Waals surface area (Å²) in [6.45, 7) is 5.52. The molecule has 0 saturated carbocycles. The summed E-state index contributed by atoms with van der Waals surface area (Å²) < 4.78 is 11.5. The molecule has 0 amide bonds. The number of imidazole rings is 1. The lowest BCUT2D eigenvalue weighted by molar-refractivity contribution is 0.201. The lowest BCUT2D eigenvalue weighted by Gasteiger charge is -2.20. The van der Waals surface area contributed by atoms with Crippen LogP contribution in [-0.2, 0) is 17.7 Å². The van der Waals surface area contributed by atoms with Crippen molar-refractivity contribution in [3.63, 3.8) is 0 Å². The van der Waals surface area contributed by atoms with Gasteiger partial charge in [-0.3, -0.25) is 4.90 Å². The van der Waals surface area contributed by atoms with E-state index in [2.05, 4.69) is 25.4 Å². The molecule has 9 heteroatoms. The number of fused-ring (bicyclic) bond motifs is 1. The van der Waals surface area contributed by atoms with Crippen molar-refractivity contribution in [1.29, 1.82) is 0 Å². The van der Waals surface area contributed by atoms with E-state index in [1.807, 2.05) is 22.7 Å². The number of rotatable bonds is 6. The Morgan fingerprint density at radius 1 is 1.15 bits per heavy atom. The highest BCUT2D eigenvalue weighted by molar-refractivity contribution is 7.09. The first-order valence-electron chi connectivity index (χ1n) is 9.13. The predicted octanol–water partition coefficient (Wildman–Crippen LogP) is 2.74. The SMILES string of the molecule is COCCc1nsc(N2CCCN(Cc3cn4cc(Cl)ccc4n3)CC2)n1. The van der Waals surface area contributed by atoms with Crippen LogP contribution >= 0.6 is 23.1 Å².